The van der Waals surface area contributed by atoms with E-state index in [0.29, 0.717) is 21.7 Å². The van der Waals surface area contributed by atoms with Gasteiger partial charge in [-0.1, -0.05) is 65.8 Å². The van der Waals surface area contributed by atoms with Gasteiger partial charge in [-0.15, -0.1) is 0 Å². The monoisotopic (exact) mass is 467 g/mol. The SMILES string of the molecule is CN(C)C(=O)C(Sc1nc2ccccc2c(=O)n1-c1ccc(F)c(Cl)c1)c1ccccc1. The van der Waals surface area contributed by atoms with Crippen LogP contribution in [0.3, 0.4) is 0 Å². The summed E-state index contributed by atoms with van der Waals surface area (Å²) in [5.74, 6) is -0.733. The van der Waals surface area contributed by atoms with Gasteiger partial charge in [0.2, 0.25) is 5.91 Å². The van der Waals surface area contributed by atoms with E-state index in [0.717, 1.165) is 17.3 Å². The second-order valence-electron chi connectivity index (χ2n) is 7.29. The first-order valence-corrected chi connectivity index (χ1v) is 11.0. The summed E-state index contributed by atoms with van der Waals surface area (Å²) >= 11 is 7.16. The van der Waals surface area contributed by atoms with E-state index in [1.807, 2.05) is 30.3 Å². The highest BCUT2D eigenvalue weighted by Gasteiger charge is 2.27. The Morgan fingerprint density at radius 2 is 1.75 bits per heavy atom. The fourth-order valence-electron chi connectivity index (χ4n) is 3.27. The van der Waals surface area contributed by atoms with Crippen LogP contribution in [-0.4, -0.2) is 34.5 Å². The highest BCUT2D eigenvalue weighted by molar-refractivity contribution is 8.00. The van der Waals surface area contributed by atoms with Gasteiger partial charge >= 0.3 is 0 Å². The highest BCUT2D eigenvalue weighted by atomic mass is 35.5. The van der Waals surface area contributed by atoms with E-state index in [1.165, 1.54) is 27.7 Å². The lowest BCUT2D eigenvalue weighted by Gasteiger charge is -2.22. The molecule has 1 heterocycles. The van der Waals surface area contributed by atoms with Crippen molar-refractivity contribution in [3.63, 3.8) is 0 Å². The van der Waals surface area contributed by atoms with E-state index in [4.69, 9.17) is 11.6 Å². The number of halogens is 2. The normalized spacial score (nSPS) is 12.0. The maximum atomic E-state index is 13.8. The second kappa shape index (κ2) is 9.14. The van der Waals surface area contributed by atoms with E-state index >= 15 is 0 Å². The van der Waals surface area contributed by atoms with Crippen LogP contribution in [0.25, 0.3) is 16.6 Å². The number of carbonyl (C=O) groups excluding carboxylic acids is 1. The number of hydrogen-bond donors (Lipinski definition) is 0. The van der Waals surface area contributed by atoms with E-state index in [1.54, 1.807) is 38.4 Å². The summed E-state index contributed by atoms with van der Waals surface area (Å²) in [5, 5.41) is -0.0307. The van der Waals surface area contributed by atoms with Crippen LogP contribution >= 0.6 is 23.4 Å². The molecule has 1 aromatic heterocycles. The van der Waals surface area contributed by atoms with Crippen molar-refractivity contribution in [2.75, 3.05) is 14.1 Å². The van der Waals surface area contributed by atoms with Gasteiger partial charge in [0.15, 0.2) is 5.16 Å². The molecule has 0 bridgehead atoms. The lowest BCUT2D eigenvalue weighted by atomic mass is 10.1. The van der Waals surface area contributed by atoms with Gasteiger partial charge in [0.05, 0.1) is 21.6 Å². The predicted octanol–water partition coefficient (Wildman–Crippen LogP) is 5.10. The molecule has 32 heavy (non-hydrogen) atoms. The molecular formula is C24H19ClFN3O2S. The van der Waals surface area contributed by atoms with Crippen LogP contribution in [0.15, 0.2) is 82.7 Å². The Morgan fingerprint density at radius 1 is 1.06 bits per heavy atom. The summed E-state index contributed by atoms with van der Waals surface area (Å²) in [6.07, 6.45) is 0. The number of aromatic nitrogens is 2. The molecule has 3 aromatic carbocycles. The van der Waals surface area contributed by atoms with Crippen LogP contribution in [0.2, 0.25) is 5.02 Å². The molecule has 8 heteroatoms. The van der Waals surface area contributed by atoms with Crippen LogP contribution in [0.1, 0.15) is 10.8 Å². The number of likely N-dealkylation sites (N-methyl/N-ethyl adjacent to an activating group) is 1. The largest absolute Gasteiger partial charge is 0.348 e. The van der Waals surface area contributed by atoms with Gasteiger partial charge in [0, 0.05) is 14.1 Å². The summed E-state index contributed by atoms with van der Waals surface area (Å²) in [7, 11) is 3.36. The molecule has 0 N–H and O–H groups in total. The molecule has 4 aromatic rings. The molecule has 5 nitrogen and oxygen atoms in total. The van der Waals surface area contributed by atoms with Crippen LogP contribution in [0.5, 0.6) is 0 Å². The Kier molecular flexibility index (Phi) is 6.30. The number of amides is 1. The number of benzene rings is 3. The molecule has 0 aliphatic rings. The maximum Gasteiger partial charge on any atom is 0.266 e. The maximum absolute atomic E-state index is 13.8. The zero-order valence-corrected chi connectivity index (χ0v) is 18.9. The summed E-state index contributed by atoms with van der Waals surface area (Å²) in [4.78, 5) is 32.7. The second-order valence-corrected chi connectivity index (χ2v) is 8.77. The number of hydrogen-bond acceptors (Lipinski definition) is 4. The lowest BCUT2D eigenvalue weighted by Crippen LogP contribution is -2.28. The fourth-order valence-corrected chi connectivity index (χ4v) is 4.71. The van der Waals surface area contributed by atoms with Crippen molar-refractivity contribution < 1.29 is 9.18 Å². The van der Waals surface area contributed by atoms with Crippen LogP contribution in [-0.2, 0) is 4.79 Å². The average molecular weight is 468 g/mol. The third kappa shape index (κ3) is 4.26. The molecule has 1 unspecified atom stereocenters. The van der Waals surface area contributed by atoms with Crippen molar-refractivity contribution in [3.8, 4) is 5.69 Å². The molecule has 0 aliphatic heterocycles. The summed E-state index contributed by atoms with van der Waals surface area (Å²) < 4.78 is 15.2. The predicted molar refractivity (Wildman–Crippen MR) is 126 cm³/mol. The van der Waals surface area contributed by atoms with Gasteiger partial charge in [-0.2, -0.15) is 0 Å². The van der Waals surface area contributed by atoms with Gasteiger partial charge in [-0.25, -0.2) is 9.37 Å². The Hall–Kier alpha value is -3.16. The Morgan fingerprint density at radius 3 is 2.44 bits per heavy atom. The van der Waals surface area contributed by atoms with Crippen molar-refractivity contribution in [2.24, 2.45) is 0 Å². The van der Waals surface area contributed by atoms with Crippen molar-refractivity contribution in [1.29, 1.82) is 0 Å². The number of nitrogens with zero attached hydrogens (tertiary/aromatic N) is 3. The van der Waals surface area contributed by atoms with E-state index < -0.39 is 11.1 Å². The molecule has 1 amide bonds. The van der Waals surface area contributed by atoms with Crippen LogP contribution in [0, 0.1) is 5.82 Å². The molecule has 0 fully saturated rings. The van der Waals surface area contributed by atoms with Gasteiger partial charge in [0.25, 0.3) is 5.56 Å². The minimum Gasteiger partial charge on any atom is -0.348 e. The minimum absolute atomic E-state index is 0.109. The topological polar surface area (TPSA) is 55.2 Å². The smallest absolute Gasteiger partial charge is 0.266 e. The van der Waals surface area contributed by atoms with Gasteiger partial charge < -0.3 is 4.90 Å². The number of rotatable bonds is 5. The Balaban J connectivity index is 1.95. The molecule has 162 valence electrons. The average Bonchev–Trinajstić information content (AvgIpc) is 2.79. The lowest BCUT2D eigenvalue weighted by molar-refractivity contribution is -0.128. The van der Waals surface area contributed by atoms with Gasteiger partial charge in [-0.3, -0.25) is 14.2 Å². The molecule has 0 spiro atoms. The Labute approximate surface area is 193 Å². The first kappa shape index (κ1) is 22.0. The Bertz CT molecular complexity index is 1360. The third-order valence-corrected chi connectivity index (χ3v) is 6.38. The van der Waals surface area contributed by atoms with Gasteiger partial charge in [-0.05, 0) is 35.9 Å². The molecular weight excluding hydrogens is 449 g/mol. The number of para-hydroxylation sites is 1. The van der Waals surface area contributed by atoms with Crippen LogP contribution < -0.4 is 5.56 Å². The standard InChI is InChI=1S/C24H19ClFN3O2S/c1-28(2)23(31)21(15-8-4-3-5-9-15)32-24-27-20-11-7-6-10-17(20)22(30)29(24)16-12-13-19(26)18(25)14-16/h3-14,21H,1-2H3. The molecule has 0 saturated carbocycles. The molecule has 0 aliphatic carbocycles. The molecule has 1 atom stereocenters. The quantitative estimate of drug-likeness (QED) is 0.302. The van der Waals surface area contributed by atoms with Crippen molar-refractivity contribution >= 4 is 40.2 Å². The van der Waals surface area contributed by atoms with Crippen LogP contribution in [0.4, 0.5) is 4.39 Å². The molecule has 0 saturated heterocycles. The summed E-state index contributed by atoms with van der Waals surface area (Å²) in [5.41, 5.74) is 1.33. The fraction of sp³-hybridized carbons (Fsp3) is 0.125. The molecule has 4 rings (SSSR count). The van der Waals surface area contributed by atoms with E-state index in [-0.39, 0.29) is 16.5 Å². The zero-order chi connectivity index (χ0) is 22.8. The zero-order valence-electron chi connectivity index (χ0n) is 17.3. The van der Waals surface area contributed by atoms with Crippen molar-refractivity contribution in [1.82, 2.24) is 14.5 Å². The number of fused-ring (bicyclic) bond motifs is 1. The van der Waals surface area contributed by atoms with Crippen molar-refractivity contribution in [2.45, 2.75) is 10.4 Å². The first-order valence-electron chi connectivity index (χ1n) is 9.77. The number of carbonyl (C=O) groups is 1. The van der Waals surface area contributed by atoms with E-state index in [2.05, 4.69) is 4.98 Å². The number of thioether (sulfide) groups is 1. The molecule has 0 radical (unpaired) electrons. The first-order chi connectivity index (χ1) is 15.4. The summed E-state index contributed by atoms with van der Waals surface area (Å²) in [6, 6.07) is 20.3. The highest BCUT2D eigenvalue weighted by Crippen LogP contribution is 2.36. The van der Waals surface area contributed by atoms with Crippen molar-refractivity contribution in [3.05, 3.63) is 99.6 Å². The third-order valence-electron chi connectivity index (χ3n) is 4.90. The minimum atomic E-state index is -0.638. The summed E-state index contributed by atoms with van der Waals surface area (Å²) in [6.45, 7) is 0. The van der Waals surface area contributed by atoms with E-state index in [9.17, 15) is 14.0 Å². The van der Waals surface area contributed by atoms with Gasteiger partial charge in [0.1, 0.15) is 11.1 Å².